The normalized spacial score (nSPS) is 10.3. The summed E-state index contributed by atoms with van der Waals surface area (Å²) >= 11 is 0. The van der Waals surface area contributed by atoms with E-state index < -0.39 is 0 Å². The number of benzene rings is 1. The Morgan fingerprint density at radius 3 is 2.67 bits per heavy atom. The summed E-state index contributed by atoms with van der Waals surface area (Å²) in [4.78, 5) is 11.8. The van der Waals surface area contributed by atoms with Gasteiger partial charge in [0.1, 0.15) is 0 Å². The van der Waals surface area contributed by atoms with Crippen molar-refractivity contribution >= 4 is 5.91 Å². The maximum Gasteiger partial charge on any atom is 0.251 e. The number of H-pyrrole nitrogens is 1. The summed E-state index contributed by atoms with van der Waals surface area (Å²) in [6, 6.07) is 7.53. The number of amides is 1. The highest BCUT2D eigenvalue weighted by atomic mass is 16.1. The molecule has 0 aliphatic rings. The van der Waals surface area contributed by atoms with Gasteiger partial charge in [-0.05, 0) is 24.1 Å². The van der Waals surface area contributed by atoms with Crippen molar-refractivity contribution in [3.63, 3.8) is 0 Å². The lowest BCUT2D eigenvalue weighted by atomic mass is 10.1. The Kier molecular flexibility index (Phi) is 4.12. The van der Waals surface area contributed by atoms with Crippen LogP contribution in [0, 0.1) is 0 Å². The predicted molar refractivity (Wildman–Crippen MR) is 71.3 cm³/mol. The van der Waals surface area contributed by atoms with Crippen molar-refractivity contribution in [2.75, 3.05) is 6.54 Å². The van der Waals surface area contributed by atoms with E-state index in [4.69, 9.17) is 0 Å². The number of hydrogen-bond donors (Lipinski definition) is 2. The van der Waals surface area contributed by atoms with Crippen molar-refractivity contribution in [3.8, 4) is 11.1 Å². The first-order valence-corrected chi connectivity index (χ1v) is 6.18. The number of nitrogens with one attached hydrogen (secondary N) is 2. The number of unbranched alkanes of at least 4 members (excludes halogenated alkanes) is 1. The van der Waals surface area contributed by atoms with Gasteiger partial charge in [-0.1, -0.05) is 25.5 Å². The smallest absolute Gasteiger partial charge is 0.251 e. The number of aromatic nitrogens is 2. The monoisotopic (exact) mass is 243 g/mol. The minimum Gasteiger partial charge on any atom is -0.352 e. The molecule has 0 fully saturated rings. The van der Waals surface area contributed by atoms with E-state index in [1.807, 2.05) is 30.5 Å². The number of carbonyl (C=O) groups excluding carboxylic acids is 1. The van der Waals surface area contributed by atoms with Crippen LogP contribution in [0.1, 0.15) is 30.1 Å². The molecule has 0 radical (unpaired) electrons. The van der Waals surface area contributed by atoms with Crippen molar-refractivity contribution in [2.24, 2.45) is 0 Å². The number of hydrogen-bond acceptors (Lipinski definition) is 2. The highest BCUT2D eigenvalue weighted by Gasteiger charge is 2.05. The fourth-order valence-corrected chi connectivity index (χ4v) is 1.70. The van der Waals surface area contributed by atoms with E-state index in [-0.39, 0.29) is 5.91 Å². The molecule has 2 N–H and O–H groups in total. The van der Waals surface area contributed by atoms with E-state index in [1.54, 1.807) is 6.20 Å². The standard InChI is InChI=1S/C14H17N3O/c1-2-3-8-15-14(18)12-6-4-11(5-7-12)13-9-16-17-10-13/h4-7,9-10H,2-3,8H2,1H3,(H,15,18)(H,16,17). The maximum atomic E-state index is 11.8. The molecular formula is C14H17N3O. The predicted octanol–water partition coefficient (Wildman–Crippen LogP) is 2.61. The minimum absolute atomic E-state index is 0.0119. The third-order valence-corrected chi connectivity index (χ3v) is 2.79. The molecule has 1 aromatic carbocycles. The summed E-state index contributed by atoms with van der Waals surface area (Å²) in [5.41, 5.74) is 2.76. The van der Waals surface area contributed by atoms with Gasteiger partial charge in [0.2, 0.25) is 0 Å². The second-order valence-electron chi connectivity index (χ2n) is 4.17. The molecule has 2 rings (SSSR count). The summed E-state index contributed by atoms with van der Waals surface area (Å²) in [5.74, 6) is -0.0119. The van der Waals surface area contributed by atoms with Crippen molar-refractivity contribution < 1.29 is 4.79 Å². The van der Waals surface area contributed by atoms with Crippen LogP contribution < -0.4 is 5.32 Å². The fourth-order valence-electron chi connectivity index (χ4n) is 1.70. The lowest BCUT2D eigenvalue weighted by molar-refractivity contribution is 0.0953. The Morgan fingerprint density at radius 2 is 2.06 bits per heavy atom. The van der Waals surface area contributed by atoms with Gasteiger partial charge in [0.05, 0.1) is 6.20 Å². The first-order valence-electron chi connectivity index (χ1n) is 6.18. The molecule has 0 saturated heterocycles. The van der Waals surface area contributed by atoms with E-state index in [1.165, 1.54) is 0 Å². The number of carbonyl (C=O) groups is 1. The van der Waals surface area contributed by atoms with Crippen LogP contribution in [0.4, 0.5) is 0 Å². The Labute approximate surface area is 106 Å². The molecule has 0 aliphatic heterocycles. The quantitative estimate of drug-likeness (QED) is 0.793. The number of rotatable bonds is 5. The van der Waals surface area contributed by atoms with Gasteiger partial charge in [0.25, 0.3) is 5.91 Å². The molecule has 4 heteroatoms. The summed E-state index contributed by atoms with van der Waals surface area (Å²) in [7, 11) is 0. The SMILES string of the molecule is CCCCNC(=O)c1ccc(-c2cn[nH]c2)cc1. The topological polar surface area (TPSA) is 57.8 Å². The summed E-state index contributed by atoms with van der Waals surface area (Å²) in [6.45, 7) is 2.84. The van der Waals surface area contributed by atoms with Gasteiger partial charge >= 0.3 is 0 Å². The van der Waals surface area contributed by atoms with E-state index in [2.05, 4.69) is 22.4 Å². The first kappa shape index (κ1) is 12.4. The van der Waals surface area contributed by atoms with Gasteiger partial charge in [0.15, 0.2) is 0 Å². The van der Waals surface area contributed by atoms with Crippen LogP contribution in [0.2, 0.25) is 0 Å². The average molecular weight is 243 g/mol. The third kappa shape index (κ3) is 2.97. The van der Waals surface area contributed by atoms with Gasteiger partial charge in [-0.3, -0.25) is 9.89 Å². The minimum atomic E-state index is -0.0119. The van der Waals surface area contributed by atoms with Crippen LogP contribution in [-0.2, 0) is 0 Å². The molecule has 1 aromatic heterocycles. The number of nitrogens with zero attached hydrogens (tertiary/aromatic N) is 1. The molecule has 0 atom stereocenters. The van der Waals surface area contributed by atoms with Gasteiger partial charge < -0.3 is 5.32 Å². The molecule has 18 heavy (non-hydrogen) atoms. The zero-order chi connectivity index (χ0) is 12.8. The molecule has 1 amide bonds. The summed E-state index contributed by atoms with van der Waals surface area (Å²) < 4.78 is 0. The molecule has 0 unspecified atom stereocenters. The summed E-state index contributed by atoms with van der Waals surface area (Å²) in [5, 5.41) is 9.57. The van der Waals surface area contributed by atoms with Crippen LogP contribution in [0.15, 0.2) is 36.7 Å². The molecule has 0 spiro atoms. The van der Waals surface area contributed by atoms with E-state index in [9.17, 15) is 4.79 Å². The van der Waals surface area contributed by atoms with Crippen LogP contribution in [0.3, 0.4) is 0 Å². The second kappa shape index (κ2) is 6.00. The molecule has 0 aliphatic carbocycles. The van der Waals surface area contributed by atoms with Crippen molar-refractivity contribution in [1.82, 2.24) is 15.5 Å². The van der Waals surface area contributed by atoms with E-state index >= 15 is 0 Å². The van der Waals surface area contributed by atoms with E-state index in [0.717, 1.165) is 30.5 Å². The molecule has 2 aromatic rings. The Hall–Kier alpha value is -2.10. The summed E-state index contributed by atoms with van der Waals surface area (Å²) in [6.07, 6.45) is 5.69. The van der Waals surface area contributed by atoms with E-state index in [0.29, 0.717) is 5.56 Å². The average Bonchev–Trinajstić information content (AvgIpc) is 2.93. The fraction of sp³-hybridized carbons (Fsp3) is 0.286. The van der Waals surface area contributed by atoms with Gasteiger partial charge in [-0.2, -0.15) is 5.10 Å². The lowest BCUT2D eigenvalue weighted by Crippen LogP contribution is -2.24. The molecule has 0 saturated carbocycles. The van der Waals surface area contributed by atoms with Crippen LogP contribution in [0.25, 0.3) is 11.1 Å². The van der Waals surface area contributed by atoms with Crippen LogP contribution in [-0.4, -0.2) is 22.6 Å². The van der Waals surface area contributed by atoms with Crippen LogP contribution >= 0.6 is 0 Å². The van der Waals surface area contributed by atoms with Crippen LogP contribution in [0.5, 0.6) is 0 Å². The molecule has 4 nitrogen and oxygen atoms in total. The van der Waals surface area contributed by atoms with Gasteiger partial charge in [-0.15, -0.1) is 0 Å². The first-order chi connectivity index (χ1) is 8.81. The Bertz CT molecular complexity index is 488. The van der Waals surface area contributed by atoms with Crippen molar-refractivity contribution in [2.45, 2.75) is 19.8 Å². The molecule has 0 bridgehead atoms. The van der Waals surface area contributed by atoms with Crippen molar-refractivity contribution in [1.29, 1.82) is 0 Å². The Morgan fingerprint density at radius 1 is 1.28 bits per heavy atom. The Balaban J connectivity index is 2.01. The lowest BCUT2D eigenvalue weighted by Gasteiger charge is -2.04. The molecule has 94 valence electrons. The highest BCUT2D eigenvalue weighted by Crippen LogP contribution is 2.17. The molecule has 1 heterocycles. The largest absolute Gasteiger partial charge is 0.352 e. The zero-order valence-corrected chi connectivity index (χ0v) is 10.4. The zero-order valence-electron chi connectivity index (χ0n) is 10.4. The second-order valence-corrected chi connectivity index (χ2v) is 4.17. The highest BCUT2D eigenvalue weighted by molar-refractivity contribution is 5.94. The van der Waals surface area contributed by atoms with Gasteiger partial charge in [-0.25, -0.2) is 0 Å². The number of aromatic amines is 1. The van der Waals surface area contributed by atoms with Gasteiger partial charge in [0, 0.05) is 23.9 Å². The maximum absolute atomic E-state index is 11.8. The van der Waals surface area contributed by atoms with Crippen molar-refractivity contribution in [3.05, 3.63) is 42.2 Å². The molecular weight excluding hydrogens is 226 g/mol. The third-order valence-electron chi connectivity index (χ3n) is 2.79.